The summed E-state index contributed by atoms with van der Waals surface area (Å²) in [5, 5.41) is 20.9. The molecule has 4 aliphatic rings. The van der Waals surface area contributed by atoms with Crippen molar-refractivity contribution in [3.63, 3.8) is 0 Å². The topological polar surface area (TPSA) is 40.5 Å². The highest BCUT2D eigenvalue weighted by molar-refractivity contribution is 5.10. The van der Waals surface area contributed by atoms with Gasteiger partial charge in [0.05, 0.1) is 12.2 Å². The van der Waals surface area contributed by atoms with Crippen LogP contribution in [0.4, 0.5) is 0 Å². The summed E-state index contributed by atoms with van der Waals surface area (Å²) in [6.45, 7) is 8.90. The minimum Gasteiger partial charge on any atom is -0.393 e. The van der Waals surface area contributed by atoms with E-state index in [1.165, 1.54) is 44.9 Å². The summed E-state index contributed by atoms with van der Waals surface area (Å²) < 4.78 is 0. The Morgan fingerprint density at radius 3 is 2.48 bits per heavy atom. The van der Waals surface area contributed by atoms with E-state index in [0.717, 1.165) is 42.9 Å². The molecule has 2 heteroatoms. The molecule has 2 nitrogen and oxygen atoms in total. The van der Waals surface area contributed by atoms with Crippen LogP contribution in [-0.2, 0) is 0 Å². The number of hydrogen-bond acceptors (Lipinski definition) is 2. The van der Waals surface area contributed by atoms with Crippen molar-refractivity contribution in [1.82, 2.24) is 0 Å². The van der Waals surface area contributed by atoms with E-state index in [4.69, 9.17) is 0 Å². The first kappa shape index (κ1) is 18.0. The molecule has 0 aromatic carbocycles. The van der Waals surface area contributed by atoms with Crippen LogP contribution in [0.5, 0.6) is 0 Å². The Labute approximate surface area is 154 Å². The fourth-order valence-corrected chi connectivity index (χ4v) is 8.24. The number of aliphatic hydroxyl groups is 2. The maximum absolute atomic E-state index is 10.7. The van der Waals surface area contributed by atoms with Gasteiger partial charge in [-0.05, 0) is 105 Å². The Hall–Kier alpha value is -0.340. The van der Waals surface area contributed by atoms with E-state index in [1.54, 1.807) is 0 Å². The zero-order chi connectivity index (χ0) is 17.8. The van der Waals surface area contributed by atoms with E-state index >= 15 is 0 Å². The molecule has 9 unspecified atom stereocenters. The molecule has 0 aliphatic heterocycles. The Bertz CT molecular complexity index is 516. The van der Waals surface area contributed by atoms with Gasteiger partial charge in [-0.25, -0.2) is 0 Å². The molecular formula is C23H38O2. The summed E-state index contributed by atoms with van der Waals surface area (Å²) in [7, 11) is 0. The lowest BCUT2D eigenvalue weighted by Gasteiger charge is -2.61. The molecule has 9 atom stereocenters. The molecule has 0 heterocycles. The molecular weight excluding hydrogens is 308 g/mol. The molecule has 0 radical (unpaired) electrons. The third kappa shape index (κ3) is 2.65. The van der Waals surface area contributed by atoms with Gasteiger partial charge in [-0.2, -0.15) is 0 Å². The first-order valence-corrected chi connectivity index (χ1v) is 10.9. The van der Waals surface area contributed by atoms with Crippen molar-refractivity contribution in [1.29, 1.82) is 0 Å². The summed E-state index contributed by atoms with van der Waals surface area (Å²) in [5.41, 5.74) is 0.794. The van der Waals surface area contributed by atoms with Crippen LogP contribution in [-0.4, -0.2) is 22.4 Å². The molecule has 0 spiro atoms. The second kappa shape index (κ2) is 6.37. The average Bonchev–Trinajstić information content (AvgIpc) is 2.93. The summed E-state index contributed by atoms with van der Waals surface area (Å²) in [6, 6.07) is 0. The van der Waals surface area contributed by atoms with Crippen molar-refractivity contribution < 1.29 is 10.2 Å². The molecule has 4 saturated carbocycles. The predicted molar refractivity (Wildman–Crippen MR) is 102 cm³/mol. The smallest absolute Gasteiger partial charge is 0.0607 e. The average molecular weight is 347 g/mol. The van der Waals surface area contributed by atoms with Crippen molar-refractivity contribution in [3.05, 3.63) is 12.7 Å². The van der Waals surface area contributed by atoms with E-state index in [-0.39, 0.29) is 12.2 Å². The zero-order valence-corrected chi connectivity index (χ0v) is 16.3. The van der Waals surface area contributed by atoms with Crippen LogP contribution < -0.4 is 0 Å². The maximum atomic E-state index is 10.7. The second-order valence-electron chi connectivity index (χ2n) is 10.4. The van der Waals surface area contributed by atoms with Crippen molar-refractivity contribution in [3.8, 4) is 0 Å². The van der Waals surface area contributed by atoms with Gasteiger partial charge in [0.2, 0.25) is 0 Å². The second-order valence-corrected chi connectivity index (χ2v) is 10.4. The molecule has 4 fully saturated rings. The van der Waals surface area contributed by atoms with Gasteiger partial charge < -0.3 is 10.2 Å². The van der Waals surface area contributed by atoms with Crippen molar-refractivity contribution in [2.24, 2.45) is 40.4 Å². The maximum Gasteiger partial charge on any atom is 0.0607 e. The first-order valence-electron chi connectivity index (χ1n) is 10.9. The first-order chi connectivity index (χ1) is 11.9. The van der Waals surface area contributed by atoms with Crippen LogP contribution in [0, 0.1) is 40.4 Å². The SMILES string of the molecule is C=CCC(O)C1CCC2C3CCC4CC(O)CCC4(C)C3CCC12C. The lowest BCUT2D eigenvalue weighted by atomic mass is 9.44. The molecule has 4 rings (SSSR count). The Kier molecular flexibility index (Phi) is 4.60. The molecule has 0 saturated heterocycles. The highest BCUT2D eigenvalue weighted by atomic mass is 16.3. The molecule has 0 aromatic heterocycles. The largest absolute Gasteiger partial charge is 0.393 e. The van der Waals surface area contributed by atoms with Crippen LogP contribution in [0.2, 0.25) is 0 Å². The minimum atomic E-state index is -0.194. The van der Waals surface area contributed by atoms with E-state index in [2.05, 4.69) is 20.4 Å². The van der Waals surface area contributed by atoms with Crippen molar-refractivity contribution >= 4 is 0 Å². The Morgan fingerprint density at radius 2 is 1.72 bits per heavy atom. The number of aliphatic hydroxyl groups excluding tert-OH is 2. The standard InChI is InChI=1S/C23H38O2/c1-4-5-21(25)20-9-8-18-17-7-6-15-14-16(24)10-12-22(15,2)19(17)11-13-23(18,20)3/h4,15-21,24-25H,1,5-14H2,2-3H3. The van der Waals surface area contributed by atoms with Crippen molar-refractivity contribution in [2.75, 3.05) is 0 Å². The predicted octanol–water partition coefficient (Wildman–Crippen LogP) is 4.94. The third-order valence-corrected chi connectivity index (χ3v) is 9.58. The lowest BCUT2D eigenvalue weighted by molar-refractivity contribution is -0.132. The van der Waals surface area contributed by atoms with Gasteiger partial charge in [0.25, 0.3) is 0 Å². The van der Waals surface area contributed by atoms with Crippen LogP contribution in [0.15, 0.2) is 12.7 Å². The summed E-state index contributed by atoms with van der Waals surface area (Å²) in [6.07, 6.45) is 13.5. The minimum absolute atomic E-state index is 0.0478. The quantitative estimate of drug-likeness (QED) is 0.710. The van der Waals surface area contributed by atoms with Gasteiger partial charge in [0.15, 0.2) is 0 Å². The van der Waals surface area contributed by atoms with E-state index in [9.17, 15) is 10.2 Å². The van der Waals surface area contributed by atoms with E-state index < -0.39 is 0 Å². The molecule has 0 bridgehead atoms. The summed E-state index contributed by atoms with van der Waals surface area (Å²) in [4.78, 5) is 0. The summed E-state index contributed by atoms with van der Waals surface area (Å²) in [5.74, 6) is 3.73. The zero-order valence-electron chi connectivity index (χ0n) is 16.3. The van der Waals surface area contributed by atoms with Gasteiger partial charge >= 0.3 is 0 Å². The highest BCUT2D eigenvalue weighted by Crippen LogP contribution is 2.67. The fourth-order valence-electron chi connectivity index (χ4n) is 8.24. The van der Waals surface area contributed by atoms with Gasteiger partial charge in [-0.1, -0.05) is 19.9 Å². The molecule has 4 aliphatic carbocycles. The molecule has 25 heavy (non-hydrogen) atoms. The summed E-state index contributed by atoms with van der Waals surface area (Å²) >= 11 is 0. The molecule has 142 valence electrons. The van der Waals surface area contributed by atoms with E-state index in [1.807, 2.05) is 6.08 Å². The van der Waals surface area contributed by atoms with Crippen LogP contribution in [0.25, 0.3) is 0 Å². The number of hydrogen-bond donors (Lipinski definition) is 2. The molecule has 0 amide bonds. The molecule has 0 aromatic rings. The lowest BCUT2D eigenvalue weighted by Crippen LogP contribution is -2.54. The van der Waals surface area contributed by atoms with Gasteiger partial charge in [0, 0.05) is 0 Å². The highest BCUT2D eigenvalue weighted by Gasteiger charge is 2.60. The van der Waals surface area contributed by atoms with Gasteiger partial charge in [-0.15, -0.1) is 6.58 Å². The number of rotatable bonds is 3. The molecule has 2 N–H and O–H groups in total. The van der Waals surface area contributed by atoms with Crippen molar-refractivity contribution in [2.45, 2.75) is 90.3 Å². The third-order valence-electron chi connectivity index (χ3n) is 9.58. The Balaban J connectivity index is 1.57. The van der Waals surface area contributed by atoms with Crippen LogP contribution in [0.3, 0.4) is 0 Å². The normalized spacial score (nSPS) is 53.4. The number of fused-ring (bicyclic) bond motifs is 5. The Morgan fingerprint density at radius 1 is 1.00 bits per heavy atom. The van der Waals surface area contributed by atoms with E-state index in [0.29, 0.717) is 16.7 Å². The monoisotopic (exact) mass is 346 g/mol. The van der Waals surface area contributed by atoms with Gasteiger partial charge in [0.1, 0.15) is 0 Å². The fraction of sp³-hybridized carbons (Fsp3) is 0.913. The van der Waals surface area contributed by atoms with Crippen LogP contribution >= 0.6 is 0 Å². The van der Waals surface area contributed by atoms with Crippen LogP contribution in [0.1, 0.15) is 78.1 Å². The van der Waals surface area contributed by atoms with Gasteiger partial charge in [-0.3, -0.25) is 0 Å².